The second-order valence-corrected chi connectivity index (χ2v) is 8.21. The highest BCUT2D eigenvalue weighted by Gasteiger charge is 2.30. The molecule has 142 valence electrons. The molecule has 0 bridgehead atoms. The first-order valence-corrected chi connectivity index (χ1v) is 10.0. The van der Waals surface area contributed by atoms with E-state index in [0.717, 1.165) is 37.5 Å². The van der Waals surface area contributed by atoms with E-state index in [-0.39, 0.29) is 21.8 Å². The number of alkyl halides is 3. The number of hydrogen-bond acceptors (Lipinski definition) is 2. The fourth-order valence-corrected chi connectivity index (χ4v) is 3.98. The minimum Gasteiger partial charge on any atom is -0.224 e. The maximum Gasteiger partial charge on any atom is 0.416 e. The molecule has 2 aromatic rings. The number of rotatable bonds is 7. The van der Waals surface area contributed by atoms with Crippen LogP contribution in [0, 0.1) is 5.82 Å². The molecule has 0 saturated carbocycles. The Morgan fingerprint density at radius 1 is 0.923 bits per heavy atom. The van der Waals surface area contributed by atoms with Crippen molar-refractivity contribution in [3.63, 3.8) is 0 Å². The van der Waals surface area contributed by atoms with Crippen molar-refractivity contribution in [3.05, 3.63) is 53.8 Å². The summed E-state index contributed by atoms with van der Waals surface area (Å²) in [5, 5.41) is 0. The number of sulfone groups is 1. The van der Waals surface area contributed by atoms with Gasteiger partial charge in [-0.3, -0.25) is 0 Å². The Balaban J connectivity index is 2.21. The normalized spacial score (nSPS) is 12.3. The Hall–Kier alpha value is -1.89. The van der Waals surface area contributed by atoms with E-state index in [1.165, 1.54) is 24.3 Å². The first-order valence-electron chi connectivity index (χ1n) is 8.35. The van der Waals surface area contributed by atoms with Gasteiger partial charge in [-0.1, -0.05) is 44.4 Å². The molecule has 0 aromatic heterocycles. The average molecular weight is 388 g/mol. The van der Waals surface area contributed by atoms with E-state index in [1.807, 2.05) is 6.92 Å². The van der Waals surface area contributed by atoms with Crippen molar-refractivity contribution in [2.75, 3.05) is 5.75 Å². The van der Waals surface area contributed by atoms with Crippen LogP contribution in [-0.4, -0.2) is 14.2 Å². The second-order valence-electron chi connectivity index (χ2n) is 6.10. The van der Waals surface area contributed by atoms with Crippen LogP contribution < -0.4 is 0 Å². The molecule has 26 heavy (non-hydrogen) atoms. The van der Waals surface area contributed by atoms with E-state index in [4.69, 9.17) is 0 Å². The lowest BCUT2D eigenvalue weighted by Gasteiger charge is -2.10. The lowest BCUT2D eigenvalue weighted by atomic mass is 10.0. The third kappa shape index (κ3) is 5.06. The molecule has 0 unspecified atom stereocenters. The Kier molecular flexibility index (Phi) is 6.44. The smallest absolute Gasteiger partial charge is 0.224 e. The predicted octanol–water partition coefficient (Wildman–Crippen LogP) is 5.87. The molecule has 2 rings (SSSR count). The predicted molar refractivity (Wildman–Crippen MR) is 93.0 cm³/mol. The van der Waals surface area contributed by atoms with Gasteiger partial charge in [-0.25, -0.2) is 12.8 Å². The van der Waals surface area contributed by atoms with Crippen molar-refractivity contribution < 1.29 is 26.0 Å². The summed E-state index contributed by atoms with van der Waals surface area (Å²) < 4.78 is 76.7. The minimum absolute atomic E-state index is 0.0495. The molecule has 0 aliphatic heterocycles. The van der Waals surface area contributed by atoms with Gasteiger partial charge in [0.15, 0.2) is 9.84 Å². The molecule has 0 spiro atoms. The van der Waals surface area contributed by atoms with Crippen LogP contribution in [0.4, 0.5) is 17.6 Å². The van der Waals surface area contributed by atoms with Crippen LogP contribution in [0.5, 0.6) is 0 Å². The molecule has 0 aliphatic rings. The topological polar surface area (TPSA) is 34.1 Å². The van der Waals surface area contributed by atoms with Gasteiger partial charge >= 0.3 is 6.18 Å². The molecule has 0 radical (unpaired) electrons. The largest absolute Gasteiger partial charge is 0.416 e. The molecule has 2 aromatic carbocycles. The summed E-state index contributed by atoms with van der Waals surface area (Å²) in [6.07, 6.45) is -1.24. The standard InChI is InChI=1S/C19H20F4O2S/c1-2-3-4-5-12-26(24,25)16-10-11-17(18(20)13-16)14-6-8-15(9-7-14)19(21,22)23/h6-11,13H,2-5,12H2,1H3. The van der Waals surface area contributed by atoms with Crippen LogP contribution in [0.25, 0.3) is 11.1 Å². The Morgan fingerprint density at radius 2 is 1.58 bits per heavy atom. The van der Waals surface area contributed by atoms with Crippen LogP contribution in [0.1, 0.15) is 38.2 Å². The molecular formula is C19H20F4O2S. The summed E-state index contributed by atoms with van der Waals surface area (Å²) in [6.45, 7) is 2.02. The molecule has 0 atom stereocenters. The lowest BCUT2D eigenvalue weighted by Crippen LogP contribution is -2.07. The highest BCUT2D eigenvalue weighted by Crippen LogP contribution is 2.32. The fraction of sp³-hybridized carbons (Fsp3) is 0.368. The van der Waals surface area contributed by atoms with Gasteiger partial charge in [-0.05, 0) is 36.2 Å². The van der Waals surface area contributed by atoms with Crippen LogP contribution in [0.15, 0.2) is 47.4 Å². The van der Waals surface area contributed by atoms with E-state index in [2.05, 4.69) is 0 Å². The number of unbranched alkanes of at least 4 members (excludes halogenated alkanes) is 3. The van der Waals surface area contributed by atoms with Crippen LogP contribution >= 0.6 is 0 Å². The lowest BCUT2D eigenvalue weighted by molar-refractivity contribution is -0.137. The highest BCUT2D eigenvalue weighted by molar-refractivity contribution is 7.91. The number of halogens is 4. The summed E-state index contributed by atoms with van der Waals surface area (Å²) in [5.41, 5.74) is -0.515. The van der Waals surface area contributed by atoms with E-state index in [1.54, 1.807) is 0 Å². The fourth-order valence-electron chi connectivity index (χ4n) is 2.60. The maximum atomic E-state index is 14.4. The van der Waals surface area contributed by atoms with Crippen molar-refractivity contribution >= 4 is 9.84 Å². The zero-order valence-electron chi connectivity index (χ0n) is 14.3. The van der Waals surface area contributed by atoms with Crippen LogP contribution in [0.3, 0.4) is 0 Å². The molecule has 0 aliphatic carbocycles. The minimum atomic E-state index is -4.47. The van der Waals surface area contributed by atoms with E-state index < -0.39 is 27.4 Å². The molecule has 7 heteroatoms. The zero-order valence-corrected chi connectivity index (χ0v) is 15.1. The van der Waals surface area contributed by atoms with Crippen molar-refractivity contribution in [2.24, 2.45) is 0 Å². The van der Waals surface area contributed by atoms with E-state index >= 15 is 0 Å². The highest BCUT2D eigenvalue weighted by atomic mass is 32.2. The average Bonchev–Trinajstić information content (AvgIpc) is 2.58. The quantitative estimate of drug-likeness (QED) is 0.439. The van der Waals surface area contributed by atoms with E-state index in [9.17, 15) is 26.0 Å². The monoisotopic (exact) mass is 388 g/mol. The molecular weight excluding hydrogens is 368 g/mol. The molecule has 0 heterocycles. The van der Waals surface area contributed by atoms with Crippen molar-refractivity contribution in [1.29, 1.82) is 0 Å². The summed E-state index contributed by atoms with van der Waals surface area (Å²) in [5.74, 6) is -0.828. The first kappa shape index (κ1) is 20.4. The third-order valence-electron chi connectivity index (χ3n) is 4.09. The summed E-state index contributed by atoms with van der Waals surface area (Å²) in [6, 6.07) is 7.59. The van der Waals surface area contributed by atoms with Gasteiger partial charge < -0.3 is 0 Å². The van der Waals surface area contributed by atoms with Gasteiger partial charge in [0.25, 0.3) is 0 Å². The van der Waals surface area contributed by atoms with Gasteiger partial charge in [0.1, 0.15) is 5.82 Å². The van der Waals surface area contributed by atoms with Crippen molar-refractivity contribution in [3.8, 4) is 11.1 Å². The first-order chi connectivity index (χ1) is 12.1. The van der Waals surface area contributed by atoms with Gasteiger partial charge in [0.05, 0.1) is 16.2 Å². The van der Waals surface area contributed by atoms with Gasteiger partial charge in [-0.15, -0.1) is 0 Å². The van der Waals surface area contributed by atoms with Crippen LogP contribution in [0.2, 0.25) is 0 Å². The number of benzene rings is 2. The Labute approximate surface area is 150 Å². The molecule has 0 N–H and O–H groups in total. The maximum absolute atomic E-state index is 14.4. The van der Waals surface area contributed by atoms with E-state index in [0.29, 0.717) is 6.42 Å². The molecule has 0 amide bonds. The summed E-state index contributed by atoms with van der Waals surface area (Å²) in [4.78, 5) is -0.109. The SMILES string of the molecule is CCCCCCS(=O)(=O)c1ccc(-c2ccc(C(F)(F)F)cc2)c(F)c1. The van der Waals surface area contributed by atoms with Gasteiger partial charge in [0.2, 0.25) is 0 Å². The molecule has 0 saturated heterocycles. The van der Waals surface area contributed by atoms with Gasteiger partial charge in [0, 0.05) is 5.56 Å². The third-order valence-corrected chi connectivity index (χ3v) is 5.89. The Bertz CT molecular complexity index is 841. The number of hydrogen-bond donors (Lipinski definition) is 0. The van der Waals surface area contributed by atoms with Crippen molar-refractivity contribution in [2.45, 2.75) is 43.7 Å². The molecule has 2 nitrogen and oxygen atoms in total. The zero-order chi connectivity index (χ0) is 19.4. The summed E-state index contributed by atoms with van der Waals surface area (Å²) >= 11 is 0. The van der Waals surface area contributed by atoms with Crippen molar-refractivity contribution in [1.82, 2.24) is 0 Å². The second kappa shape index (κ2) is 8.20. The summed E-state index contributed by atoms with van der Waals surface area (Å²) in [7, 11) is -3.58. The Morgan fingerprint density at radius 3 is 2.12 bits per heavy atom. The van der Waals surface area contributed by atoms with Gasteiger partial charge in [-0.2, -0.15) is 13.2 Å². The van der Waals surface area contributed by atoms with Crippen LogP contribution in [-0.2, 0) is 16.0 Å². The molecule has 0 fully saturated rings.